The Kier molecular flexibility index (Phi) is 3.92. The van der Waals surface area contributed by atoms with Gasteiger partial charge in [0, 0.05) is 17.7 Å². The van der Waals surface area contributed by atoms with E-state index in [1.165, 1.54) is 18.2 Å². The van der Waals surface area contributed by atoms with Gasteiger partial charge in [-0.2, -0.15) is 0 Å². The van der Waals surface area contributed by atoms with Crippen LogP contribution < -0.4 is 11.1 Å². The van der Waals surface area contributed by atoms with Gasteiger partial charge in [-0.15, -0.1) is 0 Å². The third-order valence-electron chi connectivity index (χ3n) is 4.27. The third-order valence-corrected chi connectivity index (χ3v) is 4.27. The molecule has 0 saturated heterocycles. The van der Waals surface area contributed by atoms with E-state index in [1.54, 1.807) is 0 Å². The van der Waals surface area contributed by atoms with Gasteiger partial charge in [0.2, 0.25) is 0 Å². The van der Waals surface area contributed by atoms with Crippen molar-refractivity contribution in [2.45, 2.75) is 32.7 Å². The fraction of sp³-hybridized carbons (Fsp3) is 0.500. The van der Waals surface area contributed by atoms with Gasteiger partial charge in [0.1, 0.15) is 5.69 Å². The molecule has 108 valence electrons. The Morgan fingerprint density at radius 2 is 2.10 bits per heavy atom. The fourth-order valence-corrected chi connectivity index (χ4v) is 2.66. The molecule has 1 aliphatic carbocycles. The second-order valence-electron chi connectivity index (χ2n) is 5.52. The minimum Gasteiger partial charge on any atom is -0.393 e. The molecular weight excluding hydrogens is 258 g/mol. The highest BCUT2D eigenvalue weighted by Gasteiger charge is 2.31. The van der Waals surface area contributed by atoms with Gasteiger partial charge in [-0.1, -0.05) is 13.8 Å². The normalized spacial score (nSPS) is 25.4. The summed E-state index contributed by atoms with van der Waals surface area (Å²) in [5.74, 6) is 0.725. The largest absolute Gasteiger partial charge is 0.393 e. The van der Waals surface area contributed by atoms with Crippen LogP contribution in [0.2, 0.25) is 0 Å². The van der Waals surface area contributed by atoms with Gasteiger partial charge in [0.05, 0.1) is 4.92 Å². The number of benzene rings is 1. The van der Waals surface area contributed by atoms with Crippen LogP contribution in [0.5, 0.6) is 0 Å². The number of hydrogen-bond donors (Lipinski definition) is 2. The minimum absolute atomic E-state index is 0.0643. The van der Waals surface area contributed by atoms with E-state index in [0.29, 0.717) is 11.8 Å². The summed E-state index contributed by atoms with van der Waals surface area (Å²) in [7, 11) is 0. The SMILES string of the molecule is CC1CCC(NC(=O)c2ccc(N)c([N+](=O)[O-])c2)C1C. The second-order valence-corrected chi connectivity index (χ2v) is 5.52. The summed E-state index contributed by atoms with van der Waals surface area (Å²) in [6, 6.07) is 4.27. The van der Waals surface area contributed by atoms with Gasteiger partial charge < -0.3 is 11.1 Å². The molecule has 3 atom stereocenters. The fourth-order valence-electron chi connectivity index (χ4n) is 2.66. The molecule has 0 radical (unpaired) electrons. The molecule has 0 heterocycles. The summed E-state index contributed by atoms with van der Waals surface area (Å²) in [4.78, 5) is 22.4. The molecule has 6 heteroatoms. The predicted molar refractivity (Wildman–Crippen MR) is 76.3 cm³/mol. The lowest BCUT2D eigenvalue weighted by atomic mass is 9.97. The van der Waals surface area contributed by atoms with Crippen LogP contribution in [-0.4, -0.2) is 16.9 Å². The Balaban J connectivity index is 2.14. The number of anilines is 1. The molecule has 0 aliphatic heterocycles. The number of nitro benzene ring substituents is 1. The highest BCUT2D eigenvalue weighted by Crippen LogP contribution is 2.31. The summed E-state index contributed by atoms with van der Waals surface area (Å²) in [6.45, 7) is 4.29. The van der Waals surface area contributed by atoms with E-state index in [0.717, 1.165) is 12.8 Å². The van der Waals surface area contributed by atoms with Crippen molar-refractivity contribution in [1.29, 1.82) is 0 Å². The van der Waals surface area contributed by atoms with E-state index in [4.69, 9.17) is 5.73 Å². The Morgan fingerprint density at radius 1 is 1.40 bits per heavy atom. The van der Waals surface area contributed by atoms with Gasteiger partial charge in [0.15, 0.2) is 0 Å². The molecular formula is C14H19N3O3. The first-order valence-corrected chi connectivity index (χ1v) is 6.75. The lowest BCUT2D eigenvalue weighted by Crippen LogP contribution is -2.37. The van der Waals surface area contributed by atoms with E-state index < -0.39 is 4.92 Å². The smallest absolute Gasteiger partial charge is 0.292 e. The molecule has 1 aliphatic rings. The first-order chi connectivity index (χ1) is 9.40. The van der Waals surface area contributed by atoms with Crippen LogP contribution in [-0.2, 0) is 0 Å². The second kappa shape index (κ2) is 5.48. The topological polar surface area (TPSA) is 98.3 Å². The number of nitro groups is 1. The van der Waals surface area contributed by atoms with Crippen molar-refractivity contribution in [3.63, 3.8) is 0 Å². The van der Waals surface area contributed by atoms with Crippen molar-refractivity contribution in [3.05, 3.63) is 33.9 Å². The van der Waals surface area contributed by atoms with Gasteiger partial charge in [-0.05, 0) is 36.8 Å². The average Bonchev–Trinajstić information content (AvgIpc) is 2.71. The number of nitrogen functional groups attached to an aromatic ring is 1. The number of hydrogen-bond acceptors (Lipinski definition) is 4. The van der Waals surface area contributed by atoms with E-state index in [9.17, 15) is 14.9 Å². The Morgan fingerprint density at radius 3 is 2.65 bits per heavy atom. The molecule has 0 bridgehead atoms. The van der Waals surface area contributed by atoms with Gasteiger partial charge in [0.25, 0.3) is 11.6 Å². The van der Waals surface area contributed by atoms with Crippen molar-refractivity contribution in [3.8, 4) is 0 Å². The Labute approximate surface area is 117 Å². The number of amides is 1. The van der Waals surface area contributed by atoms with Crippen LogP contribution in [0.1, 0.15) is 37.0 Å². The lowest BCUT2D eigenvalue weighted by molar-refractivity contribution is -0.383. The zero-order valence-corrected chi connectivity index (χ0v) is 11.6. The predicted octanol–water partition coefficient (Wildman–Crippen LogP) is 2.34. The molecule has 1 aromatic carbocycles. The lowest BCUT2D eigenvalue weighted by Gasteiger charge is -2.19. The number of carbonyl (C=O) groups excluding carboxylic acids is 1. The van der Waals surface area contributed by atoms with E-state index >= 15 is 0 Å². The molecule has 3 unspecified atom stereocenters. The van der Waals surface area contributed by atoms with Crippen molar-refractivity contribution >= 4 is 17.3 Å². The highest BCUT2D eigenvalue weighted by atomic mass is 16.6. The third kappa shape index (κ3) is 2.74. The standard InChI is InChI=1S/C14H19N3O3/c1-8-3-6-12(9(8)2)16-14(18)10-4-5-11(15)13(7-10)17(19)20/h4-5,7-9,12H,3,6,15H2,1-2H3,(H,16,18). The summed E-state index contributed by atoms with van der Waals surface area (Å²) < 4.78 is 0. The number of nitrogens with one attached hydrogen (secondary N) is 1. The van der Waals surface area contributed by atoms with Crippen LogP contribution >= 0.6 is 0 Å². The first-order valence-electron chi connectivity index (χ1n) is 6.75. The van der Waals surface area contributed by atoms with Gasteiger partial charge >= 0.3 is 0 Å². The number of rotatable bonds is 3. The number of carbonyl (C=O) groups is 1. The maximum atomic E-state index is 12.2. The minimum atomic E-state index is -0.577. The molecule has 0 aromatic heterocycles. The molecule has 2 rings (SSSR count). The van der Waals surface area contributed by atoms with Crippen molar-refractivity contribution in [1.82, 2.24) is 5.32 Å². The van der Waals surface area contributed by atoms with Crippen LogP contribution in [0.3, 0.4) is 0 Å². The van der Waals surface area contributed by atoms with Crippen molar-refractivity contribution in [2.24, 2.45) is 11.8 Å². The maximum Gasteiger partial charge on any atom is 0.292 e. The van der Waals surface area contributed by atoms with Crippen LogP contribution in [0.15, 0.2) is 18.2 Å². The molecule has 1 aromatic rings. The average molecular weight is 277 g/mol. The molecule has 1 saturated carbocycles. The van der Waals surface area contributed by atoms with Crippen LogP contribution in [0.25, 0.3) is 0 Å². The van der Waals surface area contributed by atoms with Crippen LogP contribution in [0, 0.1) is 22.0 Å². The first kappa shape index (κ1) is 14.3. The summed E-state index contributed by atoms with van der Waals surface area (Å²) in [5.41, 5.74) is 5.63. The van der Waals surface area contributed by atoms with E-state index in [1.807, 2.05) is 0 Å². The zero-order valence-electron chi connectivity index (χ0n) is 11.6. The zero-order chi connectivity index (χ0) is 14.9. The Hall–Kier alpha value is -2.11. The van der Waals surface area contributed by atoms with Gasteiger partial charge in [-0.25, -0.2) is 0 Å². The molecule has 1 fully saturated rings. The number of nitrogens with zero attached hydrogens (tertiary/aromatic N) is 1. The Bertz CT molecular complexity index is 544. The maximum absolute atomic E-state index is 12.2. The molecule has 1 amide bonds. The van der Waals surface area contributed by atoms with Gasteiger partial charge in [-0.3, -0.25) is 14.9 Å². The van der Waals surface area contributed by atoms with Crippen molar-refractivity contribution in [2.75, 3.05) is 5.73 Å². The summed E-state index contributed by atoms with van der Waals surface area (Å²) in [6.07, 6.45) is 2.04. The van der Waals surface area contributed by atoms with Crippen LogP contribution in [0.4, 0.5) is 11.4 Å². The van der Waals surface area contributed by atoms with E-state index in [-0.39, 0.29) is 28.9 Å². The highest BCUT2D eigenvalue weighted by molar-refractivity contribution is 5.95. The molecule has 3 N–H and O–H groups in total. The number of nitrogens with two attached hydrogens (primary N) is 1. The summed E-state index contributed by atoms with van der Waals surface area (Å²) in [5, 5.41) is 13.8. The molecule has 20 heavy (non-hydrogen) atoms. The molecule has 6 nitrogen and oxygen atoms in total. The summed E-state index contributed by atoms with van der Waals surface area (Å²) >= 11 is 0. The quantitative estimate of drug-likeness (QED) is 0.503. The van der Waals surface area contributed by atoms with E-state index in [2.05, 4.69) is 19.2 Å². The molecule has 0 spiro atoms. The van der Waals surface area contributed by atoms with Crippen molar-refractivity contribution < 1.29 is 9.72 Å². The monoisotopic (exact) mass is 277 g/mol.